The van der Waals surface area contributed by atoms with Gasteiger partial charge in [-0.3, -0.25) is 0 Å². The van der Waals surface area contributed by atoms with E-state index in [0.29, 0.717) is 0 Å². The second-order valence-electron chi connectivity index (χ2n) is 3.61. The Hall–Kier alpha value is -0.830. The molecule has 0 saturated heterocycles. The van der Waals surface area contributed by atoms with Crippen molar-refractivity contribution in [2.24, 2.45) is 0 Å². The summed E-state index contributed by atoms with van der Waals surface area (Å²) >= 11 is 0. The topological polar surface area (TPSA) is 29.9 Å². The van der Waals surface area contributed by atoms with Gasteiger partial charge in [-0.25, -0.2) is 4.98 Å². The van der Waals surface area contributed by atoms with E-state index in [1.165, 1.54) is 32.2 Å². The number of unbranched alkanes of at least 4 members (excludes halogenated alkanes) is 2. The molecule has 0 radical (unpaired) electrons. The first kappa shape index (κ1) is 11.2. The van der Waals surface area contributed by atoms with Gasteiger partial charge in [0.25, 0.3) is 0 Å². The van der Waals surface area contributed by atoms with Crippen molar-refractivity contribution in [3.63, 3.8) is 0 Å². The molecule has 1 aromatic rings. The SMILES string of the molecule is CCCCNCCCCn1ccnc1. The fourth-order valence-electron chi connectivity index (χ4n) is 1.39. The maximum Gasteiger partial charge on any atom is 0.0945 e. The summed E-state index contributed by atoms with van der Waals surface area (Å²) in [6.45, 7) is 5.63. The summed E-state index contributed by atoms with van der Waals surface area (Å²) in [6.07, 6.45) is 10.8. The van der Waals surface area contributed by atoms with Crippen LogP contribution in [-0.4, -0.2) is 22.6 Å². The first-order valence-electron chi connectivity index (χ1n) is 5.60. The van der Waals surface area contributed by atoms with Crippen molar-refractivity contribution in [2.45, 2.75) is 39.2 Å². The molecule has 0 atom stereocenters. The lowest BCUT2D eigenvalue weighted by molar-refractivity contribution is 0.559. The molecular formula is C11H21N3. The van der Waals surface area contributed by atoms with Gasteiger partial charge in [0.15, 0.2) is 0 Å². The lowest BCUT2D eigenvalue weighted by Gasteiger charge is -2.04. The minimum Gasteiger partial charge on any atom is -0.337 e. The highest BCUT2D eigenvalue weighted by atomic mass is 15.0. The maximum atomic E-state index is 4.01. The lowest BCUT2D eigenvalue weighted by Crippen LogP contribution is -2.16. The fourth-order valence-corrected chi connectivity index (χ4v) is 1.39. The van der Waals surface area contributed by atoms with Crippen LogP contribution < -0.4 is 5.32 Å². The van der Waals surface area contributed by atoms with Crippen molar-refractivity contribution >= 4 is 0 Å². The number of nitrogens with zero attached hydrogens (tertiary/aromatic N) is 2. The monoisotopic (exact) mass is 195 g/mol. The van der Waals surface area contributed by atoms with E-state index in [1.807, 2.05) is 18.7 Å². The molecule has 1 rings (SSSR count). The lowest BCUT2D eigenvalue weighted by atomic mass is 10.3. The third-order valence-corrected chi connectivity index (χ3v) is 2.29. The molecule has 1 aromatic heterocycles. The van der Waals surface area contributed by atoms with Crippen molar-refractivity contribution in [1.29, 1.82) is 0 Å². The first-order valence-corrected chi connectivity index (χ1v) is 5.60. The van der Waals surface area contributed by atoms with E-state index in [1.54, 1.807) is 0 Å². The Balaban J connectivity index is 1.85. The summed E-state index contributed by atoms with van der Waals surface area (Å²) in [7, 11) is 0. The van der Waals surface area contributed by atoms with E-state index in [9.17, 15) is 0 Å². The van der Waals surface area contributed by atoms with Gasteiger partial charge in [0.05, 0.1) is 6.33 Å². The molecule has 0 saturated carbocycles. The molecule has 0 unspecified atom stereocenters. The van der Waals surface area contributed by atoms with Gasteiger partial charge in [0.1, 0.15) is 0 Å². The van der Waals surface area contributed by atoms with Gasteiger partial charge in [-0.05, 0) is 32.4 Å². The number of aryl methyl sites for hydroxylation is 1. The van der Waals surface area contributed by atoms with Gasteiger partial charge in [-0.15, -0.1) is 0 Å². The highest BCUT2D eigenvalue weighted by Gasteiger charge is 1.90. The molecule has 0 aliphatic heterocycles. The quantitative estimate of drug-likeness (QED) is 0.643. The zero-order chi connectivity index (χ0) is 10.1. The highest BCUT2D eigenvalue weighted by molar-refractivity contribution is 4.73. The van der Waals surface area contributed by atoms with Crippen LogP contribution in [0.4, 0.5) is 0 Å². The zero-order valence-corrected chi connectivity index (χ0v) is 9.08. The molecule has 1 heterocycles. The van der Waals surface area contributed by atoms with Gasteiger partial charge in [0, 0.05) is 18.9 Å². The molecule has 14 heavy (non-hydrogen) atoms. The fraction of sp³-hybridized carbons (Fsp3) is 0.727. The second kappa shape index (κ2) is 7.56. The predicted molar refractivity (Wildman–Crippen MR) is 59.2 cm³/mol. The van der Waals surface area contributed by atoms with Crippen molar-refractivity contribution < 1.29 is 0 Å². The second-order valence-corrected chi connectivity index (χ2v) is 3.61. The first-order chi connectivity index (χ1) is 6.93. The van der Waals surface area contributed by atoms with E-state index < -0.39 is 0 Å². The Morgan fingerprint density at radius 2 is 2.07 bits per heavy atom. The number of aromatic nitrogens is 2. The maximum absolute atomic E-state index is 4.01. The molecule has 0 aliphatic rings. The average molecular weight is 195 g/mol. The van der Waals surface area contributed by atoms with Crippen LogP contribution in [0.1, 0.15) is 32.6 Å². The van der Waals surface area contributed by atoms with E-state index >= 15 is 0 Å². The van der Waals surface area contributed by atoms with Crippen LogP contribution in [0.5, 0.6) is 0 Å². The minimum absolute atomic E-state index is 1.09. The third-order valence-electron chi connectivity index (χ3n) is 2.29. The van der Waals surface area contributed by atoms with Crippen LogP contribution in [0.25, 0.3) is 0 Å². The Labute approximate surface area is 86.5 Å². The predicted octanol–water partition coefficient (Wildman–Crippen LogP) is 2.05. The molecule has 0 aromatic carbocycles. The Morgan fingerprint density at radius 3 is 2.79 bits per heavy atom. The van der Waals surface area contributed by atoms with Crippen molar-refractivity contribution in [3.05, 3.63) is 18.7 Å². The normalized spacial score (nSPS) is 10.6. The van der Waals surface area contributed by atoms with Crippen molar-refractivity contribution in [2.75, 3.05) is 13.1 Å². The molecule has 80 valence electrons. The molecule has 0 aliphatic carbocycles. The average Bonchev–Trinajstić information content (AvgIpc) is 2.69. The molecule has 0 bridgehead atoms. The van der Waals surface area contributed by atoms with Gasteiger partial charge >= 0.3 is 0 Å². The molecule has 1 N–H and O–H groups in total. The van der Waals surface area contributed by atoms with Crippen LogP contribution in [0.3, 0.4) is 0 Å². The minimum atomic E-state index is 1.09. The van der Waals surface area contributed by atoms with Crippen LogP contribution >= 0.6 is 0 Å². The number of rotatable bonds is 8. The number of hydrogen-bond acceptors (Lipinski definition) is 2. The third kappa shape index (κ3) is 5.02. The number of imidazole rings is 1. The molecule has 3 nitrogen and oxygen atoms in total. The van der Waals surface area contributed by atoms with Crippen LogP contribution in [-0.2, 0) is 6.54 Å². The molecular weight excluding hydrogens is 174 g/mol. The van der Waals surface area contributed by atoms with Gasteiger partial charge in [0.2, 0.25) is 0 Å². The summed E-state index contributed by atoms with van der Waals surface area (Å²) < 4.78 is 2.13. The van der Waals surface area contributed by atoms with Crippen molar-refractivity contribution in [1.82, 2.24) is 14.9 Å². The van der Waals surface area contributed by atoms with Gasteiger partial charge in [-0.1, -0.05) is 13.3 Å². The van der Waals surface area contributed by atoms with Gasteiger partial charge in [-0.2, -0.15) is 0 Å². The van der Waals surface area contributed by atoms with Crippen LogP contribution in [0.2, 0.25) is 0 Å². The number of nitrogens with one attached hydrogen (secondary N) is 1. The summed E-state index contributed by atoms with van der Waals surface area (Å²) in [5.74, 6) is 0. The Bertz CT molecular complexity index is 206. The van der Waals surface area contributed by atoms with Gasteiger partial charge < -0.3 is 9.88 Å². The highest BCUT2D eigenvalue weighted by Crippen LogP contribution is 1.94. The summed E-state index contributed by atoms with van der Waals surface area (Å²) in [5.41, 5.74) is 0. The summed E-state index contributed by atoms with van der Waals surface area (Å²) in [5, 5.41) is 3.44. The molecule has 0 spiro atoms. The largest absolute Gasteiger partial charge is 0.337 e. The molecule has 3 heteroatoms. The molecule has 0 fully saturated rings. The smallest absolute Gasteiger partial charge is 0.0945 e. The standard InChI is InChI=1S/C11H21N3/c1-2-3-6-12-7-4-5-9-14-10-8-13-11-14/h8,10-12H,2-7,9H2,1H3. The Morgan fingerprint density at radius 1 is 1.21 bits per heavy atom. The van der Waals surface area contributed by atoms with E-state index in [0.717, 1.165) is 13.1 Å². The number of hydrogen-bond donors (Lipinski definition) is 1. The van der Waals surface area contributed by atoms with E-state index in [2.05, 4.69) is 21.8 Å². The van der Waals surface area contributed by atoms with Crippen LogP contribution in [0, 0.1) is 0 Å². The zero-order valence-electron chi connectivity index (χ0n) is 9.08. The van der Waals surface area contributed by atoms with E-state index in [-0.39, 0.29) is 0 Å². The van der Waals surface area contributed by atoms with Crippen molar-refractivity contribution in [3.8, 4) is 0 Å². The summed E-state index contributed by atoms with van der Waals surface area (Å²) in [4.78, 5) is 4.01. The molecule has 0 amide bonds. The summed E-state index contributed by atoms with van der Waals surface area (Å²) in [6, 6.07) is 0. The van der Waals surface area contributed by atoms with E-state index in [4.69, 9.17) is 0 Å². The van der Waals surface area contributed by atoms with Crippen LogP contribution in [0.15, 0.2) is 18.7 Å². The Kier molecular flexibility index (Phi) is 6.07.